The number of anilines is 1. The van der Waals surface area contributed by atoms with Crippen LogP contribution in [-0.2, 0) is 17.5 Å². The molecule has 1 N–H and O–H groups in total. The number of alkyl halides is 3. The first-order valence-corrected chi connectivity index (χ1v) is 10.5. The van der Waals surface area contributed by atoms with Gasteiger partial charge in [0.25, 0.3) is 5.91 Å². The van der Waals surface area contributed by atoms with Gasteiger partial charge < -0.3 is 14.6 Å². The Hall–Kier alpha value is -3.10. The van der Waals surface area contributed by atoms with Gasteiger partial charge in [-0.25, -0.2) is 0 Å². The highest BCUT2D eigenvalue weighted by Crippen LogP contribution is 2.31. The number of halogens is 3. The first kappa shape index (κ1) is 15.7. The molecular formula is C26H28F3N3O2. The number of ether oxygens (including phenoxy) is 1. The summed E-state index contributed by atoms with van der Waals surface area (Å²) in [5.41, 5.74) is 0.872. The molecule has 1 fully saturated rings. The van der Waals surface area contributed by atoms with Crippen LogP contribution in [0.15, 0.2) is 60.7 Å². The van der Waals surface area contributed by atoms with Gasteiger partial charge in [-0.05, 0) is 43.2 Å². The van der Waals surface area contributed by atoms with Crippen LogP contribution < -0.4 is 5.32 Å². The van der Waals surface area contributed by atoms with Crippen molar-refractivity contribution < 1.29 is 33.7 Å². The molecular weight excluding hydrogens is 443 g/mol. The first-order valence-electron chi connectivity index (χ1n) is 14.5. The summed E-state index contributed by atoms with van der Waals surface area (Å²) in [4.78, 5) is 13.7. The third-order valence-corrected chi connectivity index (χ3v) is 5.36. The summed E-state index contributed by atoms with van der Waals surface area (Å²) in [6.07, 6.45) is -4.58. The van der Waals surface area contributed by atoms with Crippen LogP contribution in [0, 0.1) is 6.92 Å². The maximum Gasteiger partial charge on any atom is 0.416 e. The van der Waals surface area contributed by atoms with E-state index in [0.717, 1.165) is 12.1 Å². The molecule has 1 aliphatic heterocycles. The average molecular weight is 480 g/mol. The van der Waals surface area contributed by atoms with Gasteiger partial charge in [-0.3, -0.25) is 9.69 Å². The molecule has 0 spiro atoms. The lowest BCUT2D eigenvalue weighted by molar-refractivity contribution is -0.137. The van der Waals surface area contributed by atoms with E-state index >= 15 is 0 Å². The summed E-state index contributed by atoms with van der Waals surface area (Å²) < 4.78 is 110. The van der Waals surface area contributed by atoms with E-state index in [4.69, 9.17) is 11.0 Å². The fourth-order valence-electron chi connectivity index (χ4n) is 3.69. The Balaban J connectivity index is 1.63. The first-order chi connectivity index (χ1) is 19.3. The molecule has 0 unspecified atom stereocenters. The van der Waals surface area contributed by atoms with E-state index in [1.165, 1.54) is 12.1 Å². The van der Waals surface area contributed by atoms with Crippen LogP contribution in [0.5, 0.6) is 0 Å². The maximum absolute atomic E-state index is 13.2. The summed E-state index contributed by atoms with van der Waals surface area (Å²) in [7, 11) is 0. The lowest BCUT2D eigenvalue weighted by Gasteiger charge is -2.26. The largest absolute Gasteiger partial charge is 0.416 e. The molecule has 1 saturated heterocycles. The van der Waals surface area contributed by atoms with Gasteiger partial charge in [-0.2, -0.15) is 13.2 Å². The van der Waals surface area contributed by atoms with Crippen molar-refractivity contribution in [3.8, 4) is 11.3 Å². The Morgan fingerprint density at radius 1 is 1.06 bits per heavy atom. The monoisotopic (exact) mass is 479 g/mol. The Labute approximate surface area is 208 Å². The second kappa shape index (κ2) is 10.4. The van der Waals surface area contributed by atoms with E-state index in [0.29, 0.717) is 21.9 Å². The number of nitrogens with zero attached hydrogens (tertiary/aromatic N) is 2. The van der Waals surface area contributed by atoms with Crippen LogP contribution in [0.1, 0.15) is 39.0 Å². The summed E-state index contributed by atoms with van der Waals surface area (Å²) >= 11 is 0. The van der Waals surface area contributed by atoms with E-state index in [9.17, 15) is 18.0 Å². The van der Waals surface area contributed by atoms with E-state index in [1.54, 1.807) is 47.9 Å². The zero-order valence-corrected chi connectivity index (χ0v) is 18.2. The summed E-state index contributed by atoms with van der Waals surface area (Å²) in [6.45, 7) is -11.1. The molecule has 1 amide bonds. The lowest BCUT2D eigenvalue weighted by Crippen LogP contribution is -2.37. The molecule has 8 heteroatoms. The van der Waals surface area contributed by atoms with Crippen LogP contribution in [-0.4, -0.2) is 48.0 Å². The van der Waals surface area contributed by atoms with Gasteiger partial charge in [-0.15, -0.1) is 0 Å². The van der Waals surface area contributed by atoms with Crippen molar-refractivity contribution in [2.24, 2.45) is 0 Å². The number of amides is 1. The molecule has 4 rings (SSSR count). The summed E-state index contributed by atoms with van der Waals surface area (Å²) in [6, 6.07) is 14.7. The third kappa shape index (κ3) is 5.69. The number of carbonyl (C=O) groups is 1. The molecule has 2 heterocycles. The van der Waals surface area contributed by atoms with Gasteiger partial charge in [0.15, 0.2) is 0 Å². The minimum absolute atomic E-state index is 0.00915. The van der Waals surface area contributed by atoms with Gasteiger partial charge in [0.2, 0.25) is 0 Å². The van der Waals surface area contributed by atoms with E-state index in [2.05, 4.69) is 10.1 Å². The Kier molecular flexibility index (Phi) is 4.83. The van der Waals surface area contributed by atoms with Gasteiger partial charge >= 0.3 is 6.18 Å². The Morgan fingerprint density at radius 3 is 2.50 bits per heavy atom. The molecule has 180 valence electrons. The van der Waals surface area contributed by atoms with Crippen LogP contribution in [0.4, 0.5) is 18.9 Å². The highest BCUT2D eigenvalue weighted by Gasteiger charge is 2.30. The van der Waals surface area contributed by atoms with Crippen molar-refractivity contribution in [1.29, 1.82) is 0 Å². The van der Waals surface area contributed by atoms with Crippen LogP contribution in [0.2, 0.25) is 0 Å². The molecule has 1 aromatic heterocycles. The normalized spacial score (nSPS) is 24.2. The lowest BCUT2D eigenvalue weighted by atomic mass is 10.1. The van der Waals surface area contributed by atoms with Gasteiger partial charge in [0.1, 0.15) is 0 Å². The SMILES string of the molecule is [2H]C1([2H])OC([2H])([2H])C([2H])([2H])N(CCCn2c(-c3ccccc3)cc(C(=O)Nc3cccc(C(F)(F)F)c3)c2C)C1([2H])[2H]. The van der Waals surface area contributed by atoms with Crippen molar-refractivity contribution in [3.63, 3.8) is 0 Å². The minimum atomic E-state index is -4.59. The van der Waals surface area contributed by atoms with E-state index in [1.807, 2.05) is 0 Å². The number of carbonyl (C=O) groups excluding carboxylic acids is 1. The number of hydrogen-bond acceptors (Lipinski definition) is 3. The van der Waals surface area contributed by atoms with E-state index < -0.39 is 50.3 Å². The van der Waals surface area contributed by atoms with Crippen LogP contribution in [0.25, 0.3) is 11.3 Å². The van der Waals surface area contributed by atoms with Crippen molar-refractivity contribution in [3.05, 3.63) is 77.5 Å². The van der Waals surface area contributed by atoms with Gasteiger partial charge in [0.05, 0.1) is 29.7 Å². The predicted molar refractivity (Wildman–Crippen MR) is 126 cm³/mol. The molecule has 2 aromatic carbocycles. The number of hydrogen-bond donors (Lipinski definition) is 1. The predicted octanol–water partition coefficient (Wildman–Crippen LogP) is 5.46. The molecule has 1 aliphatic rings. The zero-order valence-electron chi connectivity index (χ0n) is 26.2. The van der Waals surface area contributed by atoms with Gasteiger partial charge in [0, 0.05) is 48.6 Å². The Morgan fingerprint density at radius 2 is 1.79 bits per heavy atom. The number of benzene rings is 2. The number of morpholine rings is 1. The molecule has 5 nitrogen and oxygen atoms in total. The number of rotatable bonds is 7. The molecule has 3 aromatic rings. The third-order valence-electron chi connectivity index (χ3n) is 5.36. The van der Waals surface area contributed by atoms with Crippen LogP contribution >= 0.6 is 0 Å². The van der Waals surface area contributed by atoms with Crippen molar-refractivity contribution >= 4 is 11.6 Å². The molecule has 0 aliphatic carbocycles. The highest BCUT2D eigenvalue weighted by atomic mass is 19.4. The highest BCUT2D eigenvalue weighted by molar-refractivity contribution is 6.06. The zero-order chi connectivity index (χ0) is 31.3. The fraction of sp³-hybridized carbons (Fsp3) is 0.346. The van der Waals surface area contributed by atoms with E-state index in [-0.39, 0.29) is 24.2 Å². The smallest absolute Gasteiger partial charge is 0.379 e. The van der Waals surface area contributed by atoms with Crippen molar-refractivity contribution in [2.45, 2.75) is 26.1 Å². The molecule has 0 radical (unpaired) electrons. The molecule has 34 heavy (non-hydrogen) atoms. The molecule has 0 bridgehead atoms. The van der Waals surface area contributed by atoms with Crippen LogP contribution in [0.3, 0.4) is 0 Å². The Bertz CT molecular complexity index is 1440. The van der Waals surface area contributed by atoms with Crippen molar-refractivity contribution in [1.82, 2.24) is 9.47 Å². The van der Waals surface area contributed by atoms with Gasteiger partial charge in [-0.1, -0.05) is 36.4 Å². The molecule has 0 atom stereocenters. The summed E-state index contributed by atoms with van der Waals surface area (Å²) in [5, 5.41) is 2.49. The summed E-state index contributed by atoms with van der Waals surface area (Å²) in [5.74, 6) is -0.662. The standard InChI is InChI=1S/C26H28F3N3O2/c1-19-23(25(33)30-22-10-5-9-21(17-22)26(27,28)29)18-24(20-7-3-2-4-8-20)32(19)12-6-11-31-13-15-34-16-14-31/h2-5,7-10,17-18H,6,11-16H2,1H3,(H,30,33)/i13D2,14D2,15D2,16D2. The maximum atomic E-state index is 13.2. The van der Waals surface area contributed by atoms with Crippen molar-refractivity contribution in [2.75, 3.05) is 38.0 Å². The fourth-order valence-corrected chi connectivity index (χ4v) is 3.69. The second-order valence-electron chi connectivity index (χ2n) is 7.61. The second-order valence-corrected chi connectivity index (χ2v) is 7.61. The number of aromatic nitrogens is 1. The quantitative estimate of drug-likeness (QED) is 0.490. The average Bonchev–Trinajstić information content (AvgIpc) is 3.21. The molecule has 0 saturated carbocycles. The topological polar surface area (TPSA) is 46.5 Å². The minimum Gasteiger partial charge on any atom is -0.379 e. The number of nitrogens with one attached hydrogen (secondary N) is 1.